The number of aryl methyl sites for hydroxylation is 3. The summed E-state index contributed by atoms with van der Waals surface area (Å²) in [4.78, 5) is 24.9. The van der Waals surface area contributed by atoms with Gasteiger partial charge in [-0.2, -0.15) is 0 Å². The predicted molar refractivity (Wildman–Crippen MR) is 135 cm³/mol. The zero-order valence-electron chi connectivity index (χ0n) is 20.3. The molecule has 0 radical (unpaired) electrons. The number of hydrogen-bond donors (Lipinski definition) is 3. The van der Waals surface area contributed by atoms with Crippen LogP contribution in [0.1, 0.15) is 34.4 Å². The normalized spacial score (nSPS) is 17.0. The van der Waals surface area contributed by atoms with Gasteiger partial charge in [0.25, 0.3) is 0 Å². The van der Waals surface area contributed by atoms with Gasteiger partial charge in [-0.3, -0.25) is 4.79 Å². The molecule has 0 aliphatic heterocycles. The first kappa shape index (κ1) is 22.1. The topological polar surface area (TPSA) is 126 Å². The summed E-state index contributed by atoms with van der Waals surface area (Å²) >= 11 is 0. The number of carboxylic acid groups (broad SMARTS) is 1. The number of benzene rings is 2. The average Bonchev–Trinajstić information content (AvgIpc) is 3.50. The number of fused-ring (bicyclic) bond motifs is 4. The second-order valence-electron chi connectivity index (χ2n) is 9.23. The van der Waals surface area contributed by atoms with Crippen LogP contribution in [-0.2, 0) is 11.2 Å². The number of nitrogens with zero attached hydrogens (tertiary/aromatic N) is 3. The molecule has 9 heteroatoms. The zero-order valence-corrected chi connectivity index (χ0v) is 20.3. The van der Waals surface area contributed by atoms with Gasteiger partial charge in [-0.05, 0) is 50.5 Å². The monoisotopic (exact) mass is 483 g/mol. The lowest BCUT2D eigenvalue weighted by molar-refractivity contribution is -0.141. The van der Waals surface area contributed by atoms with Crippen molar-refractivity contribution >= 4 is 33.7 Å². The van der Waals surface area contributed by atoms with E-state index in [1.807, 2.05) is 57.2 Å². The summed E-state index contributed by atoms with van der Waals surface area (Å²) in [5.41, 5.74) is 6.06. The van der Waals surface area contributed by atoms with Gasteiger partial charge in [0.15, 0.2) is 0 Å². The van der Waals surface area contributed by atoms with Gasteiger partial charge >= 0.3 is 5.97 Å². The zero-order chi connectivity index (χ0) is 25.1. The Morgan fingerprint density at radius 3 is 2.72 bits per heavy atom. The van der Waals surface area contributed by atoms with Crippen LogP contribution in [0.3, 0.4) is 0 Å². The maximum Gasteiger partial charge on any atom is 0.309 e. The number of nitrogens with one attached hydrogen (secondary N) is 2. The fraction of sp³-hybridized carbons (Fsp3) is 0.259. The van der Waals surface area contributed by atoms with E-state index in [1.54, 1.807) is 7.11 Å². The lowest BCUT2D eigenvalue weighted by atomic mass is 9.99. The first-order chi connectivity index (χ1) is 17.4. The van der Waals surface area contributed by atoms with Gasteiger partial charge in [0.2, 0.25) is 0 Å². The summed E-state index contributed by atoms with van der Waals surface area (Å²) in [5, 5.41) is 19.2. The summed E-state index contributed by atoms with van der Waals surface area (Å²) in [6, 6.07) is 11.4. The number of aromatic nitrogens is 4. The van der Waals surface area contributed by atoms with Crippen molar-refractivity contribution in [3.63, 3.8) is 0 Å². The summed E-state index contributed by atoms with van der Waals surface area (Å²) in [6.07, 6.45) is 0.471. The Morgan fingerprint density at radius 1 is 1.19 bits per heavy atom. The van der Waals surface area contributed by atoms with Crippen molar-refractivity contribution in [1.29, 1.82) is 0 Å². The Hall–Kier alpha value is -4.40. The molecule has 3 aromatic heterocycles. The number of methoxy groups -OCH3 is 1. The molecule has 0 spiro atoms. The molecule has 0 saturated heterocycles. The van der Waals surface area contributed by atoms with Crippen molar-refractivity contribution in [2.75, 3.05) is 12.4 Å². The molecule has 0 amide bonds. The van der Waals surface area contributed by atoms with Gasteiger partial charge in [-0.25, -0.2) is 9.97 Å². The SMILES string of the molecule is COc1cc2c(cc1-c1c(C)noc1C)[nH]c1nc(C)nc(NC3c4ccccc4CC3C(=O)O)c12. The van der Waals surface area contributed by atoms with Gasteiger partial charge in [0.05, 0.1) is 35.7 Å². The lowest BCUT2D eigenvalue weighted by Crippen LogP contribution is -2.24. The highest BCUT2D eigenvalue weighted by molar-refractivity contribution is 6.13. The summed E-state index contributed by atoms with van der Waals surface area (Å²) < 4.78 is 11.2. The number of carboxylic acids is 1. The van der Waals surface area contributed by atoms with Crippen molar-refractivity contribution in [2.45, 2.75) is 33.2 Å². The summed E-state index contributed by atoms with van der Waals surface area (Å²) in [7, 11) is 1.63. The highest BCUT2D eigenvalue weighted by Crippen LogP contribution is 2.43. The van der Waals surface area contributed by atoms with Gasteiger partial charge in [0, 0.05) is 16.5 Å². The molecule has 0 bridgehead atoms. The minimum Gasteiger partial charge on any atom is -0.496 e. The van der Waals surface area contributed by atoms with Crippen LogP contribution in [0.15, 0.2) is 40.9 Å². The third-order valence-corrected chi connectivity index (χ3v) is 7.03. The van der Waals surface area contributed by atoms with E-state index < -0.39 is 17.9 Å². The number of hydrogen-bond acceptors (Lipinski definition) is 7. The Kier molecular flexibility index (Phi) is 4.96. The molecule has 5 aromatic rings. The maximum atomic E-state index is 12.1. The molecule has 182 valence electrons. The Balaban J connectivity index is 1.55. The quantitative estimate of drug-likeness (QED) is 0.315. The third kappa shape index (κ3) is 3.30. The van der Waals surface area contributed by atoms with Crippen molar-refractivity contribution in [3.8, 4) is 16.9 Å². The molecule has 36 heavy (non-hydrogen) atoms. The molecule has 2 unspecified atom stereocenters. The molecular formula is C27H25N5O4. The molecule has 1 aliphatic rings. The molecule has 1 aliphatic carbocycles. The first-order valence-electron chi connectivity index (χ1n) is 11.7. The van der Waals surface area contributed by atoms with Crippen molar-refractivity contribution in [2.24, 2.45) is 5.92 Å². The number of carbonyl (C=O) groups is 1. The largest absolute Gasteiger partial charge is 0.496 e. The van der Waals surface area contributed by atoms with E-state index in [0.29, 0.717) is 35.2 Å². The molecule has 9 nitrogen and oxygen atoms in total. The van der Waals surface area contributed by atoms with Gasteiger partial charge in [0.1, 0.15) is 28.8 Å². The van der Waals surface area contributed by atoms with E-state index in [2.05, 4.69) is 20.4 Å². The van der Waals surface area contributed by atoms with Gasteiger partial charge < -0.3 is 24.7 Å². The number of ether oxygens (including phenoxy) is 1. The van der Waals surface area contributed by atoms with Crippen LogP contribution in [0.25, 0.3) is 33.1 Å². The van der Waals surface area contributed by atoms with Gasteiger partial charge in [-0.1, -0.05) is 29.4 Å². The molecule has 2 aromatic carbocycles. The van der Waals surface area contributed by atoms with E-state index in [1.165, 1.54) is 0 Å². The summed E-state index contributed by atoms with van der Waals surface area (Å²) in [5.74, 6) is 1.10. The van der Waals surface area contributed by atoms with Crippen LogP contribution in [0, 0.1) is 26.7 Å². The number of aromatic amines is 1. The van der Waals surface area contributed by atoms with Gasteiger partial charge in [-0.15, -0.1) is 0 Å². The van der Waals surface area contributed by atoms with Crippen molar-refractivity contribution < 1.29 is 19.2 Å². The minimum absolute atomic E-state index is 0.412. The Labute approximate surface area is 206 Å². The number of anilines is 1. The van der Waals surface area contributed by atoms with E-state index in [0.717, 1.165) is 44.2 Å². The van der Waals surface area contributed by atoms with E-state index >= 15 is 0 Å². The first-order valence-corrected chi connectivity index (χ1v) is 11.7. The second kappa shape index (κ2) is 8.08. The predicted octanol–water partition coefficient (Wildman–Crippen LogP) is 5.11. The maximum absolute atomic E-state index is 12.1. The molecule has 3 N–H and O–H groups in total. The third-order valence-electron chi connectivity index (χ3n) is 7.03. The molecule has 0 fully saturated rings. The van der Waals surface area contributed by atoms with Crippen LogP contribution in [0.4, 0.5) is 5.82 Å². The van der Waals surface area contributed by atoms with Crippen LogP contribution < -0.4 is 10.1 Å². The number of rotatable bonds is 5. The fourth-order valence-electron chi connectivity index (χ4n) is 5.42. The minimum atomic E-state index is -0.838. The smallest absolute Gasteiger partial charge is 0.309 e. The number of H-pyrrole nitrogens is 1. The lowest BCUT2D eigenvalue weighted by Gasteiger charge is -2.20. The highest BCUT2D eigenvalue weighted by Gasteiger charge is 2.38. The van der Waals surface area contributed by atoms with Crippen molar-refractivity contribution in [1.82, 2.24) is 20.1 Å². The van der Waals surface area contributed by atoms with E-state index in [9.17, 15) is 9.90 Å². The molecular weight excluding hydrogens is 458 g/mol. The molecule has 6 rings (SSSR count). The fourth-order valence-corrected chi connectivity index (χ4v) is 5.42. The van der Waals surface area contributed by atoms with Crippen molar-refractivity contribution in [3.05, 3.63) is 64.8 Å². The Morgan fingerprint density at radius 2 is 2.00 bits per heavy atom. The van der Waals surface area contributed by atoms with Crippen LogP contribution >= 0.6 is 0 Å². The highest BCUT2D eigenvalue weighted by atomic mass is 16.5. The Bertz CT molecular complexity index is 1650. The molecule has 3 heterocycles. The van der Waals surface area contributed by atoms with E-state index in [-0.39, 0.29) is 0 Å². The second-order valence-corrected chi connectivity index (χ2v) is 9.23. The van der Waals surface area contributed by atoms with E-state index in [4.69, 9.17) is 14.2 Å². The standard InChI is InChI=1S/C27H25N5O4/c1-12-22(13(2)36-32-12)18-10-20-17(11-21(18)35-4)23-25(30-20)28-14(3)29-26(23)31-24-16-8-6-5-7-15(16)9-19(24)27(33)34/h5-8,10-11,19,24H,9H2,1-4H3,(H,33,34)(H2,28,29,30,31). The molecule has 2 atom stereocenters. The average molecular weight is 484 g/mol. The number of aliphatic carboxylic acids is 1. The van der Waals surface area contributed by atoms with Crippen LogP contribution in [0.2, 0.25) is 0 Å². The van der Waals surface area contributed by atoms with Crippen LogP contribution in [-0.4, -0.2) is 38.3 Å². The molecule has 0 saturated carbocycles. The van der Waals surface area contributed by atoms with Crippen LogP contribution in [0.5, 0.6) is 5.75 Å². The summed E-state index contributed by atoms with van der Waals surface area (Å²) in [6.45, 7) is 5.60.